The largest absolute Gasteiger partial charge is 0.489 e. The number of benzene rings is 2. The van der Waals surface area contributed by atoms with E-state index in [1.165, 1.54) is 17.3 Å². The van der Waals surface area contributed by atoms with Crippen molar-refractivity contribution < 1.29 is 9.53 Å². The Morgan fingerprint density at radius 2 is 1.86 bits per heavy atom. The van der Waals surface area contributed by atoms with E-state index in [0.717, 1.165) is 27.3 Å². The molecule has 0 atom stereocenters. The summed E-state index contributed by atoms with van der Waals surface area (Å²) in [6.45, 7) is 8.23. The summed E-state index contributed by atoms with van der Waals surface area (Å²) >= 11 is 1.26. The Hall–Kier alpha value is -1.74. The summed E-state index contributed by atoms with van der Waals surface area (Å²) in [6.07, 6.45) is 0. The van der Waals surface area contributed by atoms with Gasteiger partial charge in [-0.15, -0.1) is 0 Å². The van der Waals surface area contributed by atoms with Crippen LogP contribution in [0.25, 0.3) is 0 Å². The normalized spacial score (nSPS) is 10.5. The van der Waals surface area contributed by atoms with Gasteiger partial charge in [0.1, 0.15) is 12.4 Å². The molecule has 0 amide bonds. The van der Waals surface area contributed by atoms with Crippen molar-refractivity contribution >= 4 is 16.9 Å². The maximum Gasteiger partial charge on any atom is 0.190 e. The molecule has 0 saturated carbocycles. The summed E-state index contributed by atoms with van der Waals surface area (Å²) < 4.78 is 5.96. The zero-order valence-corrected chi connectivity index (χ0v) is 13.7. The molecule has 3 heteroatoms. The highest BCUT2D eigenvalue weighted by Crippen LogP contribution is 2.28. The van der Waals surface area contributed by atoms with Gasteiger partial charge in [0, 0.05) is 17.4 Å². The van der Waals surface area contributed by atoms with Gasteiger partial charge in [0.25, 0.3) is 0 Å². The molecule has 0 N–H and O–H groups in total. The van der Waals surface area contributed by atoms with E-state index in [9.17, 15) is 4.79 Å². The Kier molecular flexibility index (Phi) is 5.07. The second-order valence-electron chi connectivity index (χ2n) is 5.20. The fourth-order valence-electron chi connectivity index (χ4n) is 2.22. The van der Waals surface area contributed by atoms with Crippen LogP contribution >= 0.6 is 11.8 Å². The maximum absolute atomic E-state index is 11.4. The standard InChI is InChI=1S/C18H20O2S/c1-12-8-9-17(14(3)10-12)20-11-16-13(2)6-5-7-18(16)21-15(4)19/h5-10H,11H2,1-4H3. The number of hydrogen-bond donors (Lipinski definition) is 0. The third-order valence-electron chi connectivity index (χ3n) is 3.32. The van der Waals surface area contributed by atoms with Crippen LogP contribution in [0.2, 0.25) is 0 Å². The molecule has 2 nitrogen and oxygen atoms in total. The van der Waals surface area contributed by atoms with Crippen LogP contribution in [0, 0.1) is 20.8 Å². The van der Waals surface area contributed by atoms with Crippen molar-refractivity contribution in [2.75, 3.05) is 0 Å². The fourth-order valence-corrected chi connectivity index (χ4v) is 3.02. The van der Waals surface area contributed by atoms with Gasteiger partial charge in [-0.3, -0.25) is 4.79 Å². The van der Waals surface area contributed by atoms with Gasteiger partial charge in [-0.1, -0.05) is 41.6 Å². The van der Waals surface area contributed by atoms with E-state index in [1.54, 1.807) is 6.92 Å². The first-order valence-electron chi connectivity index (χ1n) is 6.94. The molecule has 2 aromatic carbocycles. The van der Waals surface area contributed by atoms with Crippen molar-refractivity contribution in [1.29, 1.82) is 0 Å². The van der Waals surface area contributed by atoms with E-state index in [1.807, 2.05) is 44.2 Å². The predicted molar refractivity (Wildman–Crippen MR) is 88.0 cm³/mol. The van der Waals surface area contributed by atoms with Crippen LogP contribution in [0.3, 0.4) is 0 Å². The topological polar surface area (TPSA) is 26.3 Å². The molecular formula is C18H20O2S. The molecule has 0 bridgehead atoms. The van der Waals surface area contributed by atoms with Gasteiger partial charge in [-0.2, -0.15) is 0 Å². The average molecular weight is 300 g/mol. The second-order valence-corrected chi connectivity index (χ2v) is 6.42. The van der Waals surface area contributed by atoms with E-state index in [4.69, 9.17) is 4.74 Å². The average Bonchev–Trinajstić information content (AvgIpc) is 2.39. The second kappa shape index (κ2) is 6.81. The Balaban J connectivity index is 2.21. The molecule has 0 saturated heterocycles. The zero-order valence-electron chi connectivity index (χ0n) is 12.9. The van der Waals surface area contributed by atoms with Crippen molar-refractivity contribution in [3.05, 3.63) is 58.7 Å². The molecule has 0 heterocycles. The van der Waals surface area contributed by atoms with Gasteiger partial charge in [-0.25, -0.2) is 0 Å². The molecule has 0 aromatic heterocycles. The highest BCUT2D eigenvalue weighted by molar-refractivity contribution is 8.13. The molecule has 0 aliphatic rings. The van der Waals surface area contributed by atoms with Gasteiger partial charge in [0.2, 0.25) is 0 Å². The molecular weight excluding hydrogens is 280 g/mol. The van der Waals surface area contributed by atoms with Gasteiger partial charge in [-0.05, 0) is 44.0 Å². The summed E-state index contributed by atoms with van der Waals surface area (Å²) in [7, 11) is 0. The quantitative estimate of drug-likeness (QED) is 0.757. The Morgan fingerprint density at radius 1 is 1.10 bits per heavy atom. The Bertz CT molecular complexity index is 662. The van der Waals surface area contributed by atoms with E-state index in [-0.39, 0.29) is 5.12 Å². The molecule has 0 unspecified atom stereocenters. The summed E-state index contributed by atoms with van der Waals surface area (Å²) in [4.78, 5) is 12.3. The van der Waals surface area contributed by atoms with Crippen LogP contribution in [0.1, 0.15) is 29.2 Å². The lowest BCUT2D eigenvalue weighted by Crippen LogP contribution is -2.02. The first-order chi connectivity index (χ1) is 9.97. The number of carbonyl (C=O) groups is 1. The van der Waals surface area contributed by atoms with Gasteiger partial charge < -0.3 is 4.74 Å². The molecule has 2 aromatic rings. The van der Waals surface area contributed by atoms with Crippen molar-refractivity contribution in [2.24, 2.45) is 0 Å². The van der Waals surface area contributed by atoms with Gasteiger partial charge >= 0.3 is 0 Å². The van der Waals surface area contributed by atoms with Crippen LogP contribution in [0.15, 0.2) is 41.3 Å². The zero-order chi connectivity index (χ0) is 15.4. The number of hydrogen-bond acceptors (Lipinski definition) is 3. The van der Waals surface area contributed by atoms with E-state index in [2.05, 4.69) is 13.0 Å². The van der Waals surface area contributed by atoms with Crippen molar-refractivity contribution in [3.63, 3.8) is 0 Å². The molecule has 0 fully saturated rings. The monoisotopic (exact) mass is 300 g/mol. The Labute approximate surface area is 130 Å². The molecule has 21 heavy (non-hydrogen) atoms. The number of carbonyl (C=O) groups excluding carboxylic acids is 1. The van der Waals surface area contributed by atoms with Gasteiger partial charge in [0.15, 0.2) is 5.12 Å². The molecule has 0 aliphatic heterocycles. The molecule has 2 rings (SSSR count). The number of thioether (sulfide) groups is 1. The number of aryl methyl sites for hydroxylation is 3. The smallest absolute Gasteiger partial charge is 0.190 e. The first-order valence-corrected chi connectivity index (χ1v) is 7.76. The van der Waals surface area contributed by atoms with E-state index < -0.39 is 0 Å². The van der Waals surface area contributed by atoms with E-state index >= 15 is 0 Å². The summed E-state index contributed by atoms with van der Waals surface area (Å²) in [5, 5.41) is 0.0911. The minimum Gasteiger partial charge on any atom is -0.489 e. The maximum atomic E-state index is 11.4. The van der Waals surface area contributed by atoms with Crippen LogP contribution in [0.5, 0.6) is 5.75 Å². The van der Waals surface area contributed by atoms with Crippen LogP contribution in [-0.2, 0) is 11.4 Å². The van der Waals surface area contributed by atoms with Crippen molar-refractivity contribution in [2.45, 2.75) is 39.2 Å². The van der Waals surface area contributed by atoms with Crippen molar-refractivity contribution in [1.82, 2.24) is 0 Å². The van der Waals surface area contributed by atoms with E-state index in [0.29, 0.717) is 6.61 Å². The number of rotatable bonds is 4. The highest BCUT2D eigenvalue weighted by atomic mass is 32.2. The highest BCUT2D eigenvalue weighted by Gasteiger charge is 2.10. The van der Waals surface area contributed by atoms with Gasteiger partial charge in [0.05, 0.1) is 0 Å². The lowest BCUT2D eigenvalue weighted by Gasteiger charge is -2.14. The van der Waals surface area contributed by atoms with Crippen LogP contribution in [-0.4, -0.2) is 5.12 Å². The SMILES string of the molecule is CC(=O)Sc1cccc(C)c1COc1ccc(C)cc1C. The van der Waals surface area contributed by atoms with Crippen LogP contribution in [0.4, 0.5) is 0 Å². The lowest BCUT2D eigenvalue weighted by molar-refractivity contribution is -0.109. The number of ether oxygens (including phenoxy) is 1. The van der Waals surface area contributed by atoms with Crippen molar-refractivity contribution in [3.8, 4) is 5.75 Å². The molecule has 0 radical (unpaired) electrons. The first kappa shape index (κ1) is 15.6. The third-order valence-corrected chi connectivity index (χ3v) is 4.21. The minimum absolute atomic E-state index is 0.0911. The third kappa shape index (κ3) is 4.11. The summed E-state index contributed by atoms with van der Waals surface area (Å²) in [5.74, 6) is 0.891. The van der Waals surface area contributed by atoms with Crippen LogP contribution < -0.4 is 4.74 Å². The summed E-state index contributed by atoms with van der Waals surface area (Å²) in [5.41, 5.74) is 4.58. The molecule has 0 spiro atoms. The molecule has 0 aliphatic carbocycles. The minimum atomic E-state index is 0.0911. The lowest BCUT2D eigenvalue weighted by atomic mass is 10.1. The summed E-state index contributed by atoms with van der Waals surface area (Å²) in [6, 6.07) is 12.1. The fraction of sp³-hybridized carbons (Fsp3) is 0.278. The predicted octanol–water partition coefficient (Wildman–Crippen LogP) is 4.83. The Morgan fingerprint density at radius 3 is 2.52 bits per heavy atom. The molecule has 110 valence electrons.